The summed E-state index contributed by atoms with van der Waals surface area (Å²) in [6.07, 6.45) is 1.89. The Bertz CT molecular complexity index is 506. The number of nitrogens with one attached hydrogen (secondary N) is 3. The molecule has 0 aliphatic carbocycles. The quantitative estimate of drug-likeness (QED) is 0.745. The molecule has 0 radical (unpaired) electrons. The first-order valence-electron chi connectivity index (χ1n) is 6.03. The topological polar surface area (TPSA) is 66.2 Å². The molecular weight excluding hydrogens is 242 g/mol. The summed E-state index contributed by atoms with van der Waals surface area (Å²) in [5, 5.41) is 6.03. The first kappa shape index (κ1) is 13.2. The van der Waals surface area contributed by atoms with Crippen molar-refractivity contribution in [2.24, 2.45) is 0 Å². The number of H-pyrrole nitrogens is 1. The third-order valence-electron chi connectivity index (χ3n) is 2.59. The van der Waals surface area contributed by atoms with Crippen LogP contribution in [0.5, 0.6) is 0 Å². The lowest BCUT2D eigenvalue weighted by Crippen LogP contribution is -2.16. The maximum atomic E-state index is 11.3. The summed E-state index contributed by atoms with van der Waals surface area (Å²) in [5.74, 6) is -0.158. The van der Waals surface area contributed by atoms with Crippen LogP contribution in [-0.2, 0) is 16.1 Å². The number of carbonyl (C=O) groups is 1. The van der Waals surface area contributed by atoms with E-state index in [-0.39, 0.29) is 12.5 Å². The fraction of sp³-hybridized carbons (Fsp3) is 0.214. The highest BCUT2D eigenvalue weighted by Crippen LogP contribution is 2.14. The second kappa shape index (κ2) is 6.61. The standard InChI is InChI=1S/C14H17N3O2/c1-19-10-14(18)17-12-6-4-11(5-7-12)16-9-13-3-2-8-15-13/h2-8,15-16H,9-10H2,1H3,(H,17,18). The summed E-state index contributed by atoms with van der Waals surface area (Å²) < 4.78 is 4.75. The van der Waals surface area contributed by atoms with Crippen LogP contribution in [0.15, 0.2) is 42.6 Å². The Balaban J connectivity index is 1.85. The van der Waals surface area contributed by atoms with E-state index in [0.717, 1.165) is 23.6 Å². The van der Waals surface area contributed by atoms with Gasteiger partial charge in [0.1, 0.15) is 6.61 Å². The number of benzene rings is 1. The molecule has 2 aromatic rings. The van der Waals surface area contributed by atoms with Crippen LogP contribution in [0.1, 0.15) is 5.69 Å². The zero-order valence-corrected chi connectivity index (χ0v) is 10.8. The van der Waals surface area contributed by atoms with E-state index < -0.39 is 0 Å². The normalized spacial score (nSPS) is 10.2. The number of aromatic nitrogens is 1. The minimum Gasteiger partial charge on any atom is -0.379 e. The fourth-order valence-corrected chi connectivity index (χ4v) is 1.67. The van der Waals surface area contributed by atoms with Gasteiger partial charge in [-0.3, -0.25) is 4.79 Å². The van der Waals surface area contributed by atoms with Crippen molar-refractivity contribution in [1.82, 2.24) is 4.98 Å². The smallest absolute Gasteiger partial charge is 0.250 e. The van der Waals surface area contributed by atoms with Crippen LogP contribution in [-0.4, -0.2) is 24.6 Å². The van der Waals surface area contributed by atoms with Crippen molar-refractivity contribution in [2.45, 2.75) is 6.54 Å². The molecule has 0 saturated heterocycles. The maximum absolute atomic E-state index is 11.3. The Hall–Kier alpha value is -2.27. The van der Waals surface area contributed by atoms with E-state index >= 15 is 0 Å². The molecule has 0 fully saturated rings. The largest absolute Gasteiger partial charge is 0.379 e. The Morgan fingerprint density at radius 2 is 1.95 bits per heavy atom. The number of anilines is 2. The van der Waals surface area contributed by atoms with Crippen molar-refractivity contribution in [3.8, 4) is 0 Å². The molecule has 0 saturated carbocycles. The van der Waals surface area contributed by atoms with Gasteiger partial charge in [0.15, 0.2) is 0 Å². The predicted octanol–water partition coefficient (Wildman–Crippen LogP) is 2.21. The molecule has 5 heteroatoms. The average Bonchev–Trinajstić information content (AvgIpc) is 2.91. The number of hydrogen-bond donors (Lipinski definition) is 3. The van der Waals surface area contributed by atoms with E-state index in [2.05, 4.69) is 15.6 Å². The van der Waals surface area contributed by atoms with Gasteiger partial charge in [-0.05, 0) is 36.4 Å². The number of ether oxygens (including phenoxy) is 1. The third kappa shape index (κ3) is 4.15. The highest BCUT2D eigenvalue weighted by Gasteiger charge is 2.01. The van der Waals surface area contributed by atoms with Crippen LogP contribution < -0.4 is 10.6 Å². The molecular formula is C14H17N3O2. The molecule has 0 unspecified atom stereocenters. The van der Waals surface area contributed by atoms with Gasteiger partial charge in [0, 0.05) is 30.4 Å². The van der Waals surface area contributed by atoms with Crippen molar-refractivity contribution in [3.63, 3.8) is 0 Å². The first-order chi connectivity index (χ1) is 9.28. The van der Waals surface area contributed by atoms with E-state index in [1.165, 1.54) is 7.11 Å². The summed E-state index contributed by atoms with van der Waals surface area (Å²) in [4.78, 5) is 14.4. The van der Waals surface area contributed by atoms with Crippen molar-refractivity contribution in [2.75, 3.05) is 24.4 Å². The second-order valence-corrected chi connectivity index (χ2v) is 4.11. The van der Waals surface area contributed by atoms with Crippen molar-refractivity contribution < 1.29 is 9.53 Å². The molecule has 3 N–H and O–H groups in total. The van der Waals surface area contributed by atoms with Crippen LogP contribution in [0.3, 0.4) is 0 Å². The van der Waals surface area contributed by atoms with Gasteiger partial charge in [-0.25, -0.2) is 0 Å². The first-order valence-corrected chi connectivity index (χ1v) is 6.03. The zero-order valence-electron chi connectivity index (χ0n) is 10.8. The average molecular weight is 259 g/mol. The minimum absolute atomic E-state index is 0.0623. The van der Waals surface area contributed by atoms with Crippen LogP contribution in [0.25, 0.3) is 0 Å². The van der Waals surface area contributed by atoms with Crippen LogP contribution >= 0.6 is 0 Å². The molecule has 0 bridgehead atoms. The second-order valence-electron chi connectivity index (χ2n) is 4.11. The summed E-state index contributed by atoms with van der Waals surface area (Å²) >= 11 is 0. The van der Waals surface area contributed by atoms with Crippen molar-refractivity contribution in [1.29, 1.82) is 0 Å². The molecule has 5 nitrogen and oxygen atoms in total. The maximum Gasteiger partial charge on any atom is 0.250 e. The van der Waals surface area contributed by atoms with Gasteiger partial charge in [-0.15, -0.1) is 0 Å². The molecule has 0 spiro atoms. The molecule has 2 rings (SSSR count). The van der Waals surface area contributed by atoms with E-state index in [1.54, 1.807) is 0 Å². The summed E-state index contributed by atoms with van der Waals surface area (Å²) in [7, 11) is 1.49. The number of hydrogen-bond acceptors (Lipinski definition) is 3. The lowest BCUT2D eigenvalue weighted by molar-refractivity contribution is -0.119. The van der Waals surface area contributed by atoms with Gasteiger partial charge in [0.05, 0.1) is 6.54 Å². The summed E-state index contributed by atoms with van der Waals surface area (Å²) in [5.41, 5.74) is 2.88. The number of aromatic amines is 1. The predicted molar refractivity (Wildman–Crippen MR) is 75.1 cm³/mol. The van der Waals surface area contributed by atoms with Crippen molar-refractivity contribution >= 4 is 17.3 Å². The number of methoxy groups -OCH3 is 1. The number of rotatable bonds is 6. The van der Waals surface area contributed by atoms with E-state index in [4.69, 9.17) is 4.74 Å². The minimum atomic E-state index is -0.158. The van der Waals surface area contributed by atoms with E-state index in [1.807, 2.05) is 42.6 Å². The molecule has 1 aromatic heterocycles. The van der Waals surface area contributed by atoms with Gasteiger partial charge in [0.25, 0.3) is 0 Å². The van der Waals surface area contributed by atoms with Crippen LogP contribution in [0, 0.1) is 0 Å². The molecule has 1 amide bonds. The Morgan fingerprint density at radius 3 is 2.58 bits per heavy atom. The number of amides is 1. The van der Waals surface area contributed by atoms with Gasteiger partial charge in [-0.1, -0.05) is 0 Å². The van der Waals surface area contributed by atoms with Crippen LogP contribution in [0.4, 0.5) is 11.4 Å². The zero-order chi connectivity index (χ0) is 13.5. The van der Waals surface area contributed by atoms with Gasteiger partial charge in [0.2, 0.25) is 5.91 Å². The molecule has 1 heterocycles. The van der Waals surface area contributed by atoms with E-state index in [9.17, 15) is 4.79 Å². The van der Waals surface area contributed by atoms with Crippen molar-refractivity contribution in [3.05, 3.63) is 48.3 Å². The molecule has 19 heavy (non-hydrogen) atoms. The lowest BCUT2D eigenvalue weighted by Gasteiger charge is -2.07. The molecule has 0 aliphatic heterocycles. The molecule has 100 valence electrons. The SMILES string of the molecule is COCC(=O)Nc1ccc(NCc2ccc[nH]2)cc1. The van der Waals surface area contributed by atoms with Crippen LogP contribution in [0.2, 0.25) is 0 Å². The van der Waals surface area contributed by atoms with Gasteiger partial charge >= 0.3 is 0 Å². The molecule has 0 atom stereocenters. The summed E-state index contributed by atoms with van der Waals surface area (Å²) in [6.45, 7) is 0.801. The summed E-state index contributed by atoms with van der Waals surface area (Å²) in [6, 6.07) is 11.5. The van der Waals surface area contributed by atoms with Gasteiger partial charge < -0.3 is 20.4 Å². The lowest BCUT2D eigenvalue weighted by atomic mass is 10.2. The molecule has 1 aromatic carbocycles. The monoisotopic (exact) mass is 259 g/mol. The molecule has 0 aliphatic rings. The highest BCUT2D eigenvalue weighted by atomic mass is 16.5. The van der Waals surface area contributed by atoms with E-state index in [0.29, 0.717) is 0 Å². The fourth-order valence-electron chi connectivity index (χ4n) is 1.67. The Morgan fingerprint density at radius 1 is 1.21 bits per heavy atom. The Kier molecular flexibility index (Phi) is 4.58. The Labute approximate surface area is 112 Å². The highest BCUT2D eigenvalue weighted by molar-refractivity contribution is 5.91. The van der Waals surface area contributed by atoms with Gasteiger partial charge in [-0.2, -0.15) is 0 Å². The number of carbonyl (C=O) groups excluding carboxylic acids is 1. The third-order valence-corrected chi connectivity index (χ3v) is 2.59.